The second-order valence-corrected chi connectivity index (χ2v) is 7.67. The van der Waals surface area contributed by atoms with E-state index in [2.05, 4.69) is 4.98 Å². The molecule has 0 bridgehead atoms. The van der Waals surface area contributed by atoms with Crippen LogP contribution in [0.25, 0.3) is 0 Å². The molecular formula is C10H14N2O3S2. The first-order valence-electron chi connectivity index (χ1n) is 5.36. The van der Waals surface area contributed by atoms with Crippen molar-refractivity contribution < 1.29 is 13.2 Å². The van der Waals surface area contributed by atoms with Gasteiger partial charge in [0.05, 0.1) is 22.9 Å². The van der Waals surface area contributed by atoms with E-state index in [9.17, 15) is 13.2 Å². The Balaban J connectivity index is 1.98. The molecule has 1 aliphatic rings. The lowest BCUT2D eigenvalue weighted by atomic mass is 10.3. The van der Waals surface area contributed by atoms with Crippen LogP contribution in [-0.2, 0) is 21.1 Å². The van der Waals surface area contributed by atoms with E-state index in [-0.39, 0.29) is 11.7 Å². The van der Waals surface area contributed by atoms with Gasteiger partial charge in [-0.25, -0.2) is 8.42 Å². The quantitative estimate of drug-likeness (QED) is 0.779. The summed E-state index contributed by atoms with van der Waals surface area (Å²) in [5.74, 6) is 0.0544. The molecule has 0 saturated carbocycles. The SMILES string of the molecule is C[C@H]1CN(C(=O)Cc2cncs2)CCS1(=O)=O. The standard InChI is InChI=1S/C10H14N2O3S2/c1-8-6-12(2-3-17(8,14)15)10(13)4-9-5-11-7-16-9/h5,7-8H,2-4,6H2,1H3/t8-/m0/s1. The summed E-state index contributed by atoms with van der Waals surface area (Å²) >= 11 is 1.44. The number of hydrogen-bond donors (Lipinski definition) is 0. The van der Waals surface area contributed by atoms with Crippen molar-refractivity contribution in [2.24, 2.45) is 0 Å². The van der Waals surface area contributed by atoms with E-state index in [0.717, 1.165) is 4.88 Å². The molecule has 1 atom stereocenters. The Hall–Kier alpha value is -0.950. The summed E-state index contributed by atoms with van der Waals surface area (Å²) in [5, 5.41) is -0.457. The molecule has 5 nitrogen and oxygen atoms in total. The molecule has 1 aromatic heterocycles. The second kappa shape index (κ2) is 4.73. The van der Waals surface area contributed by atoms with Crippen molar-refractivity contribution >= 4 is 27.1 Å². The van der Waals surface area contributed by atoms with E-state index in [0.29, 0.717) is 19.5 Å². The normalized spacial score (nSPS) is 23.6. The van der Waals surface area contributed by atoms with E-state index < -0.39 is 15.1 Å². The van der Waals surface area contributed by atoms with Crippen molar-refractivity contribution in [3.05, 3.63) is 16.6 Å². The second-order valence-electron chi connectivity index (χ2n) is 4.16. The molecule has 2 rings (SSSR count). The molecule has 0 spiro atoms. The van der Waals surface area contributed by atoms with Crippen molar-refractivity contribution in [3.8, 4) is 0 Å². The molecule has 0 radical (unpaired) electrons. The number of thiazole rings is 1. The molecule has 0 aliphatic carbocycles. The molecule has 1 aliphatic heterocycles. The highest BCUT2D eigenvalue weighted by atomic mass is 32.2. The topological polar surface area (TPSA) is 67.3 Å². The van der Waals surface area contributed by atoms with Crippen LogP contribution in [0.5, 0.6) is 0 Å². The zero-order valence-electron chi connectivity index (χ0n) is 9.50. The number of hydrogen-bond acceptors (Lipinski definition) is 5. The third-order valence-electron chi connectivity index (χ3n) is 2.90. The largest absolute Gasteiger partial charge is 0.340 e. The van der Waals surface area contributed by atoms with Crippen LogP contribution in [0.2, 0.25) is 0 Å². The fraction of sp³-hybridized carbons (Fsp3) is 0.600. The highest BCUT2D eigenvalue weighted by Crippen LogP contribution is 2.14. The maximum absolute atomic E-state index is 11.9. The highest BCUT2D eigenvalue weighted by molar-refractivity contribution is 7.92. The van der Waals surface area contributed by atoms with Gasteiger partial charge in [-0.15, -0.1) is 11.3 Å². The molecule has 0 unspecified atom stereocenters. The van der Waals surface area contributed by atoms with Crippen LogP contribution in [0.15, 0.2) is 11.7 Å². The lowest BCUT2D eigenvalue weighted by Gasteiger charge is -2.30. The van der Waals surface area contributed by atoms with Crippen LogP contribution in [0.3, 0.4) is 0 Å². The number of nitrogens with zero attached hydrogens (tertiary/aromatic N) is 2. The van der Waals surface area contributed by atoms with Gasteiger partial charge >= 0.3 is 0 Å². The number of sulfone groups is 1. The van der Waals surface area contributed by atoms with Gasteiger partial charge < -0.3 is 4.90 Å². The van der Waals surface area contributed by atoms with Gasteiger partial charge in [-0.1, -0.05) is 0 Å². The van der Waals surface area contributed by atoms with Crippen LogP contribution in [0, 0.1) is 0 Å². The summed E-state index contributed by atoms with van der Waals surface area (Å²) in [6.45, 7) is 2.27. The molecule has 0 N–H and O–H groups in total. The molecule has 2 heterocycles. The average Bonchev–Trinajstić information content (AvgIpc) is 2.74. The van der Waals surface area contributed by atoms with Crippen LogP contribution in [0.1, 0.15) is 11.8 Å². The molecular weight excluding hydrogens is 260 g/mol. The van der Waals surface area contributed by atoms with E-state index in [1.807, 2.05) is 0 Å². The fourth-order valence-electron chi connectivity index (χ4n) is 1.77. The lowest BCUT2D eigenvalue weighted by Crippen LogP contribution is -2.48. The minimum Gasteiger partial charge on any atom is -0.340 e. The Morgan fingerprint density at radius 3 is 3.00 bits per heavy atom. The summed E-state index contributed by atoms with van der Waals surface area (Å²) in [4.78, 5) is 18.4. The monoisotopic (exact) mass is 274 g/mol. The summed E-state index contributed by atoms with van der Waals surface area (Å²) in [5.41, 5.74) is 1.69. The van der Waals surface area contributed by atoms with E-state index in [1.165, 1.54) is 11.3 Å². The zero-order valence-corrected chi connectivity index (χ0v) is 11.1. The van der Waals surface area contributed by atoms with Gasteiger partial charge in [0.2, 0.25) is 5.91 Å². The van der Waals surface area contributed by atoms with Gasteiger partial charge in [-0.2, -0.15) is 0 Å². The highest BCUT2D eigenvalue weighted by Gasteiger charge is 2.31. The number of amides is 1. The molecule has 1 amide bonds. The lowest BCUT2D eigenvalue weighted by molar-refractivity contribution is -0.130. The van der Waals surface area contributed by atoms with Crippen LogP contribution in [0.4, 0.5) is 0 Å². The smallest absolute Gasteiger partial charge is 0.227 e. The first kappa shape index (κ1) is 12.5. The molecule has 1 saturated heterocycles. The molecule has 0 aromatic carbocycles. The number of carbonyl (C=O) groups excluding carboxylic acids is 1. The van der Waals surface area contributed by atoms with Crippen molar-refractivity contribution in [1.29, 1.82) is 0 Å². The summed E-state index contributed by atoms with van der Waals surface area (Å²) in [6.07, 6.45) is 1.99. The van der Waals surface area contributed by atoms with E-state index in [1.54, 1.807) is 23.5 Å². The molecule has 17 heavy (non-hydrogen) atoms. The van der Waals surface area contributed by atoms with Gasteiger partial charge in [-0.05, 0) is 6.92 Å². The maximum Gasteiger partial charge on any atom is 0.227 e. The van der Waals surface area contributed by atoms with Gasteiger partial charge in [0.15, 0.2) is 9.84 Å². The van der Waals surface area contributed by atoms with Crippen LogP contribution < -0.4 is 0 Å². The van der Waals surface area contributed by atoms with Gasteiger partial charge in [0.1, 0.15) is 0 Å². The zero-order chi connectivity index (χ0) is 12.5. The summed E-state index contributed by atoms with van der Waals surface area (Å²) in [6, 6.07) is 0. The van der Waals surface area contributed by atoms with Crippen molar-refractivity contribution in [2.75, 3.05) is 18.8 Å². The van der Waals surface area contributed by atoms with E-state index in [4.69, 9.17) is 0 Å². The Morgan fingerprint density at radius 2 is 2.41 bits per heavy atom. The van der Waals surface area contributed by atoms with Crippen molar-refractivity contribution in [2.45, 2.75) is 18.6 Å². The average molecular weight is 274 g/mol. The third-order valence-corrected chi connectivity index (χ3v) is 5.80. The predicted octanol–water partition coefficient (Wildman–Crippen LogP) is 0.331. The van der Waals surface area contributed by atoms with E-state index >= 15 is 0 Å². The Bertz CT molecular complexity index is 496. The van der Waals surface area contributed by atoms with Crippen LogP contribution >= 0.6 is 11.3 Å². The Morgan fingerprint density at radius 1 is 1.65 bits per heavy atom. The molecule has 1 fully saturated rings. The summed E-state index contributed by atoms with van der Waals surface area (Å²) < 4.78 is 23.0. The van der Waals surface area contributed by atoms with Gasteiger partial charge in [0.25, 0.3) is 0 Å². The summed E-state index contributed by atoms with van der Waals surface area (Å²) in [7, 11) is -2.99. The first-order valence-corrected chi connectivity index (χ1v) is 7.95. The minimum atomic E-state index is -2.99. The molecule has 7 heteroatoms. The van der Waals surface area contributed by atoms with Crippen LogP contribution in [-0.4, -0.2) is 48.3 Å². The Labute approximate surface area is 104 Å². The minimum absolute atomic E-state index is 0.0176. The van der Waals surface area contributed by atoms with Crippen molar-refractivity contribution in [1.82, 2.24) is 9.88 Å². The maximum atomic E-state index is 11.9. The first-order chi connectivity index (χ1) is 7.99. The fourth-order valence-corrected chi connectivity index (χ4v) is 3.64. The number of carbonyl (C=O) groups is 1. The predicted molar refractivity (Wildman–Crippen MR) is 65.6 cm³/mol. The van der Waals surface area contributed by atoms with Crippen molar-refractivity contribution in [3.63, 3.8) is 0 Å². The molecule has 94 valence electrons. The third kappa shape index (κ3) is 2.84. The molecule has 1 aromatic rings. The number of rotatable bonds is 2. The number of aromatic nitrogens is 1. The Kier molecular flexibility index (Phi) is 3.48. The van der Waals surface area contributed by atoms with Gasteiger partial charge in [0, 0.05) is 24.2 Å². The van der Waals surface area contributed by atoms with Gasteiger partial charge in [-0.3, -0.25) is 9.78 Å².